The molecule has 0 saturated carbocycles. The molecule has 1 aliphatic rings. The Labute approximate surface area is 142 Å². The van der Waals surface area contributed by atoms with Crippen LogP contribution in [0, 0.1) is 0 Å². The molecule has 0 spiro atoms. The van der Waals surface area contributed by atoms with E-state index in [-0.39, 0.29) is 12.7 Å². The molecule has 24 heavy (non-hydrogen) atoms. The molecule has 0 unspecified atom stereocenters. The minimum Gasteiger partial charge on any atom is -0.491 e. The number of ether oxygens (including phenoxy) is 2. The van der Waals surface area contributed by atoms with Crippen LogP contribution >= 0.6 is 0 Å². The normalized spacial score (nSPS) is 19.0. The maximum Gasteiger partial charge on any atom is 0.159 e. The monoisotopic (exact) mass is 329 g/mol. The summed E-state index contributed by atoms with van der Waals surface area (Å²) in [6.07, 6.45) is 2.81. The van der Waals surface area contributed by atoms with Crippen molar-refractivity contribution in [2.24, 2.45) is 0 Å². The Hall–Kier alpha value is -2.02. The lowest BCUT2D eigenvalue weighted by atomic mass is 10.2. The van der Waals surface area contributed by atoms with Gasteiger partial charge in [0.25, 0.3) is 0 Å². The second-order valence-electron chi connectivity index (χ2n) is 5.97. The second-order valence-corrected chi connectivity index (χ2v) is 5.97. The molecule has 2 aromatic rings. The standard InChI is InChI=1S/C18H23N3O3/c1-21-9-2-10-23-17(11-21)13-24-16-5-3-14(4-6-16)18-19-8-7-15(12-22)20-18/h3-8,17,22H,2,9-13H2,1H3/t17-/m1/s1. The average Bonchev–Trinajstić information content (AvgIpc) is 2.84. The molecule has 0 aliphatic carbocycles. The summed E-state index contributed by atoms with van der Waals surface area (Å²) < 4.78 is 11.7. The second kappa shape index (κ2) is 8.19. The van der Waals surface area contributed by atoms with Crippen molar-refractivity contribution in [2.45, 2.75) is 19.1 Å². The zero-order valence-electron chi connectivity index (χ0n) is 13.9. The smallest absolute Gasteiger partial charge is 0.159 e. The van der Waals surface area contributed by atoms with Crippen molar-refractivity contribution in [1.82, 2.24) is 14.9 Å². The Bertz CT molecular complexity index is 648. The van der Waals surface area contributed by atoms with Gasteiger partial charge in [-0.05, 0) is 43.8 Å². The predicted molar refractivity (Wildman–Crippen MR) is 90.7 cm³/mol. The minimum atomic E-state index is -0.0907. The van der Waals surface area contributed by atoms with Crippen molar-refractivity contribution in [1.29, 1.82) is 0 Å². The van der Waals surface area contributed by atoms with E-state index in [1.54, 1.807) is 12.3 Å². The summed E-state index contributed by atoms with van der Waals surface area (Å²) in [5.41, 5.74) is 1.50. The molecule has 128 valence electrons. The molecule has 2 heterocycles. The highest BCUT2D eigenvalue weighted by Crippen LogP contribution is 2.20. The number of nitrogens with zero attached hydrogens (tertiary/aromatic N) is 3. The lowest BCUT2D eigenvalue weighted by Gasteiger charge is -2.20. The summed E-state index contributed by atoms with van der Waals surface area (Å²) in [6, 6.07) is 9.36. The molecule has 1 atom stereocenters. The Morgan fingerprint density at radius 3 is 2.92 bits per heavy atom. The molecule has 6 heteroatoms. The van der Waals surface area contributed by atoms with Gasteiger partial charge in [0.2, 0.25) is 0 Å². The molecule has 1 saturated heterocycles. The van der Waals surface area contributed by atoms with Gasteiger partial charge in [-0.3, -0.25) is 0 Å². The van der Waals surface area contributed by atoms with E-state index in [1.807, 2.05) is 24.3 Å². The van der Waals surface area contributed by atoms with Gasteiger partial charge in [-0.1, -0.05) is 0 Å². The van der Waals surface area contributed by atoms with E-state index < -0.39 is 0 Å². The topological polar surface area (TPSA) is 67.7 Å². The largest absolute Gasteiger partial charge is 0.491 e. The van der Waals surface area contributed by atoms with Crippen molar-refractivity contribution in [2.75, 3.05) is 33.4 Å². The first-order valence-corrected chi connectivity index (χ1v) is 8.21. The fraction of sp³-hybridized carbons (Fsp3) is 0.444. The van der Waals surface area contributed by atoms with Crippen LogP contribution in [0.4, 0.5) is 0 Å². The van der Waals surface area contributed by atoms with Crippen LogP contribution in [0.15, 0.2) is 36.5 Å². The fourth-order valence-corrected chi connectivity index (χ4v) is 2.69. The maximum atomic E-state index is 9.16. The first-order valence-electron chi connectivity index (χ1n) is 8.21. The van der Waals surface area contributed by atoms with Gasteiger partial charge < -0.3 is 19.5 Å². The number of aromatic nitrogens is 2. The first kappa shape index (κ1) is 16.8. The molecule has 3 rings (SSSR count). The Morgan fingerprint density at radius 1 is 1.29 bits per heavy atom. The van der Waals surface area contributed by atoms with E-state index in [0.29, 0.717) is 18.1 Å². The molecule has 0 bridgehead atoms. The number of hydrogen-bond donors (Lipinski definition) is 1. The van der Waals surface area contributed by atoms with Gasteiger partial charge in [0, 0.05) is 31.5 Å². The summed E-state index contributed by atoms with van der Waals surface area (Å²) in [7, 11) is 2.11. The number of likely N-dealkylation sites (N-methyl/N-ethyl adjacent to an activating group) is 1. The molecule has 0 amide bonds. The first-order chi connectivity index (χ1) is 11.7. The Morgan fingerprint density at radius 2 is 2.12 bits per heavy atom. The number of benzene rings is 1. The summed E-state index contributed by atoms with van der Waals surface area (Å²) in [5, 5.41) is 9.16. The molecule has 1 fully saturated rings. The van der Waals surface area contributed by atoms with Gasteiger partial charge in [-0.2, -0.15) is 0 Å². The summed E-state index contributed by atoms with van der Waals surface area (Å²) in [4.78, 5) is 10.8. The van der Waals surface area contributed by atoms with Gasteiger partial charge >= 0.3 is 0 Å². The van der Waals surface area contributed by atoms with Crippen LogP contribution < -0.4 is 4.74 Å². The highest BCUT2D eigenvalue weighted by atomic mass is 16.5. The zero-order chi connectivity index (χ0) is 16.8. The quantitative estimate of drug-likeness (QED) is 0.901. The molecule has 0 radical (unpaired) electrons. The van der Waals surface area contributed by atoms with Crippen molar-refractivity contribution >= 4 is 0 Å². The van der Waals surface area contributed by atoms with Crippen LogP contribution in [0.3, 0.4) is 0 Å². The van der Waals surface area contributed by atoms with Gasteiger partial charge in [0.1, 0.15) is 18.5 Å². The fourth-order valence-electron chi connectivity index (χ4n) is 2.69. The lowest BCUT2D eigenvalue weighted by molar-refractivity contribution is 0.0234. The van der Waals surface area contributed by atoms with Gasteiger partial charge in [-0.15, -0.1) is 0 Å². The lowest BCUT2D eigenvalue weighted by Crippen LogP contribution is -2.32. The highest BCUT2D eigenvalue weighted by molar-refractivity contribution is 5.56. The summed E-state index contributed by atoms with van der Waals surface area (Å²) in [6.45, 7) is 3.19. The molecule has 1 aromatic carbocycles. The van der Waals surface area contributed by atoms with Crippen LogP contribution in [0.2, 0.25) is 0 Å². The third kappa shape index (κ3) is 4.50. The van der Waals surface area contributed by atoms with E-state index >= 15 is 0 Å². The van der Waals surface area contributed by atoms with Crippen LogP contribution in [0.1, 0.15) is 12.1 Å². The van der Waals surface area contributed by atoms with Crippen molar-refractivity contribution in [3.8, 4) is 17.1 Å². The third-order valence-electron chi connectivity index (χ3n) is 3.98. The van der Waals surface area contributed by atoms with Gasteiger partial charge in [0.05, 0.1) is 12.3 Å². The molecule has 6 nitrogen and oxygen atoms in total. The molecule has 1 N–H and O–H groups in total. The van der Waals surface area contributed by atoms with E-state index in [1.165, 1.54) is 0 Å². The number of aliphatic hydroxyl groups excluding tert-OH is 1. The Kier molecular flexibility index (Phi) is 5.74. The maximum absolute atomic E-state index is 9.16. The van der Waals surface area contributed by atoms with E-state index in [9.17, 15) is 0 Å². The molecular weight excluding hydrogens is 306 g/mol. The van der Waals surface area contributed by atoms with Crippen LogP contribution in [0.25, 0.3) is 11.4 Å². The zero-order valence-corrected chi connectivity index (χ0v) is 13.9. The van der Waals surface area contributed by atoms with Gasteiger partial charge in [0.15, 0.2) is 5.82 Å². The third-order valence-corrected chi connectivity index (χ3v) is 3.98. The van der Waals surface area contributed by atoms with E-state index in [2.05, 4.69) is 21.9 Å². The molecule has 1 aliphatic heterocycles. The number of hydrogen-bond acceptors (Lipinski definition) is 6. The molecular formula is C18H23N3O3. The summed E-state index contributed by atoms with van der Waals surface area (Å²) >= 11 is 0. The SMILES string of the molecule is CN1CCCO[C@@H](COc2ccc(-c3nccc(CO)n3)cc2)C1. The highest BCUT2D eigenvalue weighted by Gasteiger charge is 2.16. The van der Waals surface area contributed by atoms with Gasteiger partial charge in [-0.25, -0.2) is 9.97 Å². The van der Waals surface area contributed by atoms with Crippen molar-refractivity contribution in [3.05, 3.63) is 42.2 Å². The van der Waals surface area contributed by atoms with Crippen molar-refractivity contribution < 1.29 is 14.6 Å². The minimum absolute atomic E-state index is 0.0907. The molecule has 1 aromatic heterocycles. The predicted octanol–water partition coefficient (Wildman–Crippen LogP) is 1.74. The van der Waals surface area contributed by atoms with Crippen molar-refractivity contribution in [3.63, 3.8) is 0 Å². The van der Waals surface area contributed by atoms with E-state index in [4.69, 9.17) is 14.6 Å². The van der Waals surface area contributed by atoms with Crippen LogP contribution in [-0.2, 0) is 11.3 Å². The van der Waals surface area contributed by atoms with E-state index in [0.717, 1.165) is 37.4 Å². The van der Waals surface area contributed by atoms with Crippen LogP contribution in [0.5, 0.6) is 5.75 Å². The Balaban J connectivity index is 1.60. The van der Waals surface area contributed by atoms with Crippen LogP contribution in [-0.4, -0.2) is 59.4 Å². The number of aliphatic hydroxyl groups is 1. The summed E-state index contributed by atoms with van der Waals surface area (Å²) in [5.74, 6) is 1.40. The number of rotatable bonds is 5. The average molecular weight is 329 g/mol.